The Morgan fingerprint density at radius 3 is 3.00 bits per heavy atom. The first-order valence-corrected chi connectivity index (χ1v) is 5.64. The van der Waals surface area contributed by atoms with Crippen molar-refractivity contribution < 1.29 is 14.5 Å². The molecule has 1 aliphatic carbocycles. The maximum Gasteiger partial charge on any atom is 0.287 e. The highest BCUT2D eigenvalue weighted by molar-refractivity contribution is 5.92. The van der Waals surface area contributed by atoms with Crippen molar-refractivity contribution in [2.24, 2.45) is 0 Å². The van der Waals surface area contributed by atoms with Crippen molar-refractivity contribution in [3.8, 4) is 0 Å². The summed E-state index contributed by atoms with van der Waals surface area (Å²) in [5.74, 6) is -0.336. The van der Waals surface area contributed by atoms with Crippen molar-refractivity contribution in [1.29, 1.82) is 0 Å². The molecule has 96 valence electrons. The van der Waals surface area contributed by atoms with Gasteiger partial charge in [-0.05, 0) is 19.4 Å². The average molecular weight is 251 g/mol. The highest BCUT2D eigenvalue weighted by Gasteiger charge is 2.39. The van der Waals surface area contributed by atoms with Crippen molar-refractivity contribution >= 4 is 11.6 Å². The number of ether oxygens (including phenoxy) is 1. The second kappa shape index (κ2) is 5.09. The van der Waals surface area contributed by atoms with Crippen molar-refractivity contribution in [3.63, 3.8) is 0 Å². The fourth-order valence-corrected chi connectivity index (χ4v) is 1.59. The Morgan fingerprint density at radius 1 is 1.67 bits per heavy atom. The van der Waals surface area contributed by atoms with Gasteiger partial charge in [-0.25, -0.2) is 4.98 Å². The van der Waals surface area contributed by atoms with Gasteiger partial charge in [0, 0.05) is 12.7 Å². The van der Waals surface area contributed by atoms with Gasteiger partial charge in [-0.3, -0.25) is 14.9 Å². The lowest BCUT2D eigenvalue weighted by Crippen LogP contribution is -2.29. The van der Waals surface area contributed by atoms with Gasteiger partial charge < -0.3 is 10.1 Å². The highest BCUT2D eigenvalue weighted by Crippen LogP contribution is 2.25. The van der Waals surface area contributed by atoms with E-state index in [9.17, 15) is 14.9 Å². The van der Waals surface area contributed by atoms with Crippen LogP contribution >= 0.6 is 0 Å². The van der Waals surface area contributed by atoms with E-state index in [1.807, 2.05) is 6.92 Å². The summed E-state index contributed by atoms with van der Waals surface area (Å²) in [7, 11) is 0. The van der Waals surface area contributed by atoms with Gasteiger partial charge in [0.05, 0.1) is 17.1 Å². The third-order valence-corrected chi connectivity index (χ3v) is 2.62. The van der Waals surface area contributed by atoms with Gasteiger partial charge in [0.1, 0.15) is 11.9 Å². The summed E-state index contributed by atoms with van der Waals surface area (Å²) in [6.07, 6.45) is 1.95. The molecule has 0 spiro atoms. The quantitative estimate of drug-likeness (QED) is 0.619. The Morgan fingerprint density at radius 2 is 2.44 bits per heavy atom. The van der Waals surface area contributed by atoms with Crippen LogP contribution in [0.15, 0.2) is 18.3 Å². The van der Waals surface area contributed by atoms with Crippen LogP contribution in [0.25, 0.3) is 0 Å². The normalized spacial score (nSPS) is 21.4. The molecule has 0 unspecified atom stereocenters. The number of pyridine rings is 1. The number of nitrogens with zero attached hydrogens (tertiary/aromatic N) is 2. The molecule has 1 heterocycles. The molecular weight excluding hydrogens is 238 g/mol. The molecule has 1 N–H and O–H groups in total. The molecule has 0 aliphatic heterocycles. The molecule has 1 aromatic heterocycles. The zero-order chi connectivity index (χ0) is 13.1. The summed E-state index contributed by atoms with van der Waals surface area (Å²) in [4.78, 5) is 25.4. The van der Waals surface area contributed by atoms with E-state index >= 15 is 0 Å². The lowest BCUT2D eigenvalue weighted by atomic mass is 10.3. The van der Waals surface area contributed by atoms with Gasteiger partial charge in [0.2, 0.25) is 0 Å². The minimum Gasteiger partial charge on any atom is -0.376 e. The van der Waals surface area contributed by atoms with Crippen molar-refractivity contribution in [3.05, 3.63) is 34.1 Å². The van der Waals surface area contributed by atoms with E-state index in [-0.39, 0.29) is 29.4 Å². The molecule has 2 rings (SSSR count). The number of nitro groups is 1. The van der Waals surface area contributed by atoms with Crippen LogP contribution in [-0.2, 0) is 4.74 Å². The smallest absolute Gasteiger partial charge is 0.287 e. The number of hydrogen-bond donors (Lipinski definition) is 1. The molecule has 2 atom stereocenters. The summed E-state index contributed by atoms with van der Waals surface area (Å²) in [6.45, 7) is 2.52. The lowest BCUT2D eigenvalue weighted by molar-refractivity contribution is -0.385. The molecule has 7 heteroatoms. The van der Waals surface area contributed by atoms with E-state index in [4.69, 9.17) is 4.74 Å². The molecule has 18 heavy (non-hydrogen) atoms. The number of rotatable bonds is 5. The highest BCUT2D eigenvalue weighted by atomic mass is 16.6. The number of carbonyl (C=O) groups excluding carboxylic acids is 1. The Bertz CT molecular complexity index is 460. The Hall–Kier alpha value is -2.02. The molecule has 7 nitrogen and oxygen atoms in total. The Balaban J connectivity index is 1.91. The zero-order valence-corrected chi connectivity index (χ0v) is 9.83. The predicted octanol–water partition coefficient (Wildman–Crippen LogP) is 0.897. The molecule has 1 saturated carbocycles. The Kier molecular flexibility index (Phi) is 3.52. The number of nitrogens with one attached hydrogen (secondary N) is 1. The lowest BCUT2D eigenvalue weighted by Gasteiger charge is -2.03. The largest absolute Gasteiger partial charge is 0.376 e. The molecular formula is C11H13N3O4. The molecule has 0 aromatic carbocycles. The molecule has 1 aliphatic rings. The van der Waals surface area contributed by atoms with Crippen LogP contribution in [-0.4, -0.2) is 34.6 Å². The van der Waals surface area contributed by atoms with Crippen molar-refractivity contribution in [2.75, 3.05) is 6.61 Å². The molecule has 0 radical (unpaired) electrons. The van der Waals surface area contributed by atoms with Crippen LogP contribution in [0.5, 0.6) is 0 Å². The van der Waals surface area contributed by atoms with E-state index in [1.54, 1.807) is 0 Å². The maximum atomic E-state index is 11.7. The van der Waals surface area contributed by atoms with Crippen LogP contribution < -0.4 is 5.32 Å². The van der Waals surface area contributed by atoms with Crippen molar-refractivity contribution in [2.45, 2.75) is 25.5 Å². The van der Waals surface area contributed by atoms with Gasteiger partial charge in [-0.1, -0.05) is 0 Å². The first kappa shape index (κ1) is 12.4. The van der Waals surface area contributed by atoms with Gasteiger partial charge >= 0.3 is 0 Å². The van der Waals surface area contributed by atoms with Gasteiger partial charge in [0.25, 0.3) is 11.6 Å². The summed E-state index contributed by atoms with van der Waals surface area (Å²) in [5.41, 5.74) is 0.0351. The SMILES string of the molecule is CCO[C@H]1C[C@@H]1NC(=O)c1ccc([N+](=O)[O-])cn1. The van der Waals surface area contributed by atoms with Crippen LogP contribution in [0.1, 0.15) is 23.8 Å². The topological polar surface area (TPSA) is 94.4 Å². The van der Waals surface area contributed by atoms with Crippen LogP contribution in [0.2, 0.25) is 0 Å². The van der Waals surface area contributed by atoms with E-state index in [0.29, 0.717) is 6.61 Å². The minimum absolute atomic E-state index is 0.0226. The number of amides is 1. The first-order chi connectivity index (χ1) is 8.61. The third-order valence-electron chi connectivity index (χ3n) is 2.62. The minimum atomic E-state index is -0.555. The second-order valence-electron chi connectivity index (χ2n) is 3.97. The summed E-state index contributed by atoms with van der Waals surface area (Å²) in [5, 5.41) is 13.2. The van der Waals surface area contributed by atoms with E-state index in [2.05, 4.69) is 10.3 Å². The summed E-state index contributed by atoms with van der Waals surface area (Å²) < 4.78 is 5.33. The summed E-state index contributed by atoms with van der Waals surface area (Å²) in [6, 6.07) is 2.62. The molecule has 1 aromatic rings. The molecule has 0 bridgehead atoms. The van der Waals surface area contributed by atoms with E-state index in [0.717, 1.165) is 12.6 Å². The predicted molar refractivity (Wildman–Crippen MR) is 62.2 cm³/mol. The van der Waals surface area contributed by atoms with Crippen LogP contribution in [0.4, 0.5) is 5.69 Å². The first-order valence-electron chi connectivity index (χ1n) is 5.64. The van der Waals surface area contributed by atoms with Crippen molar-refractivity contribution in [1.82, 2.24) is 10.3 Å². The standard InChI is InChI=1S/C11H13N3O4/c1-2-18-10-5-9(10)13-11(15)8-4-3-7(6-12-8)14(16)17/h3-4,6,9-10H,2,5H2,1H3,(H,13,15)/t9-,10-/m0/s1. The number of hydrogen-bond acceptors (Lipinski definition) is 5. The van der Waals surface area contributed by atoms with Gasteiger partial charge in [-0.2, -0.15) is 0 Å². The third kappa shape index (κ3) is 2.80. The molecule has 0 saturated heterocycles. The van der Waals surface area contributed by atoms with Crippen LogP contribution in [0.3, 0.4) is 0 Å². The second-order valence-corrected chi connectivity index (χ2v) is 3.97. The molecule has 1 fully saturated rings. The fourth-order valence-electron chi connectivity index (χ4n) is 1.59. The van der Waals surface area contributed by atoms with Crippen LogP contribution in [0, 0.1) is 10.1 Å². The van der Waals surface area contributed by atoms with Gasteiger partial charge in [-0.15, -0.1) is 0 Å². The average Bonchev–Trinajstić information content (AvgIpc) is 3.08. The fraction of sp³-hybridized carbons (Fsp3) is 0.455. The van der Waals surface area contributed by atoms with Gasteiger partial charge in [0.15, 0.2) is 0 Å². The van der Waals surface area contributed by atoms with E-state index < -0.39 is 4.92 Å². The van der Waals surface area contributed by atoms with E-state index in [1.165, 1.54) is 12.1 Å². The Labute approximate surface area is 103 Å². The zero-order valence-electron chi connectivity index (χ0n) is 9.83. The monoisotopic (exact) mass is 251 g/mol. The number of aromatic nitrogens is 1. The molecule has 1 amide bonds. The number of carbonyl (C=O) groups is 1. The maximum absolute atomic E-state index is 11.7. The summed E-state index contributed by atoms with van der Waals surface area (Å²) >= 11 is 0.